The summed E-state index contributed by atoms with van der Waals surface area (Å²) in [7, 11) is 3.33. The van der Waals surface area contributed by atoms with Crippen LogP contribution >= 0.6 is 0 Å². The molecular weight excluding hydrogens is 424 g/mol. The van der Waals surface area contributed by atoms with Crippen LogP contribution in [0.15, 0.2) is 43.0 Å². The summed E-state index contributed by atoms with van der Waals surface area (Å²) in [4.78, 5) is 22.1. The number of aryl methyl sites for hydroxylation is 1. The number of anilines is 2. The van der Waals surface area contributed by atoms with Crippen LogP contribution in [0.25, 0.3) is 17.0 Å². The van der Waals surface area contributed by atoms with Gasteiger partial charge in [0.2, 0.25) is 0 Å². The Morgan fingerprint density at radius 3 is 2.85 bits per heavy atom. The molecule has 0 spiro atoms. The normalized spacial score (nSPS) is 14.4. The van der Waals surface area contributed by atoms with Gasteiger partial charge in [-0.3, -0.25) is 9.48 Å². The highest BCUT2D eigenvalue weighted by atomic mass is 16.5. The number of ether oxygens (including phenoxy) is 2. The van der Waals surface area contributed by atoms with E-state index in [0.29, 0.717) is 45.9 Å². The van der Waals surface area contributed by atoms with E-state index in [-0.39, 0.29) is 5.91 Å². The van der Waals surface area contributed by atoms with E-state index in [1.165, 1.54) is 6.20 Å². The highest BCUT2D eigenvalue weighted by Gasteiger charge is 2.20. The third-order valence-electron chi connectivity index (χ3n) is 5.49. The van der Waals surface area contributed by atoms with E-state index in [9.17, 15) is 4.79 Å². The van der Waals surface area contributed by atoms with Crippen molar-refractivity contribution in [1.82, 2.24) is 29.4 Å². The van der Waals surface area contributed by atoms with Gasteiger partial charge in [-0.2, -0.15) is 10.2 Å². The van der Waals surface area contributed by atoms with E-state index in [4.69, 9.17) is 9.47 Å². The second-order valence-electron chi connectivity index (χ2n) is 7.75. The van der Waals surface area contributed by atoms with Crippen LogP contribution in [0.5, 0.6) is 5.75 Å². The average molecular weight is 448 g/mol. The number of nitrogens with zero attached hydrogens (tertiary/aromatic N) is 6. The molecule has 1 aliphatic heterocycles. The molecule has 11 nitrogen and oxygen atoms in total. The van der Waals surface area contributed by atoms with Crippen LogP contribution < -0.4 is 15.4 Å². The Hall–Kier alpha value is -3.99. The third kappa shape index (κ3) is 4.22. The van der Waals surface area contributed by atoms with E-state index >= 15 is 0 Å². The molecule has 170 valence electrons. The van der Waals surface area contributed by atoms with E-state index in [1.54, 1.807) is 41.9 Å². The van der Waals surface area contributed by atoms with Crippen molar-refractivity contribution in [1.29, 1.82) is 0 Å². The van der Waals surface area contributed by atoms with Crippen molar-refractivity contribution >= 4 is 23.1 Å². The lowest BCUT2D eigenvalue weighted by molar-refractivity contribution is 0.0904. The smallest absolute Gasteiger partial charge is 0.261 e. The Morgan fingerprint density at radius 2 is 2.09 bits per heavy atom. The molecule has 1 saturated heterocycles. The van der Waals surface area contributed by atoms with Gasteiger partial charge in [0, 0.05) is 32.5 Å². The first kappa shape index (κ1) is 20.9. The maximum Gasteiger partial charge on any atom is 0.261 e. The van der Waals surface area contributed by atoms with Crippen LogP contribution in [0, 0.1) is 0 Å². The quantitative estimate of drug-likeness (QED) is 0.461. The second kappa shape index (κ2) is 8.87. The van der Waals surface area contributed by atoms with Gasteiger partial charge in [0.05, 0.1) is 24.6 Å². The number of hydrogen-bond acceptors (Lipinski definition) is 8. The Labute approximate surface area is 189 Å². The lowest BCUT2D eigenvalue weighted by Gasteiger charge is -2.23. The zero-order chi connectivity index (χ0) is 22.8. The largest absolute Gasteiger partial charge is 0.494 e. The summed E-state index contributed by atoms with van der Waals surface area (Å²) in [5.74, 6) is 1.34. The topological polar surface area (TPSA) is 120 Å². The third-order valence-corrected chi connectivity index (χ3v) is 5.49. The van der Waals surface area contributed by atoms with Gasteiger partial charge in [-0.25, -0.2) is 14.5 Å². The van der Waals surface area contributed by atoms with Crippen LogP contribution in [-0.2, 0) is 11.8 Å². The SMILES string of the molecule is COc1c(NC(=O)c2cnn3ccc(NC4CCOCC4)nc23)cccc1-c1ncn(C)n1. The van der Waals surface area contributed by atoms with Gasteiger partial charge in [-0.05, 0) is 31.0 Å². The summed E-state index contributed by atoms with van der Waals surface area (Å²) in [6.45, 7) is 1.46. The monoisotopic (exact) mass is 448 g/mol. The summed E-state index contributed by atoms with van der Waals surface area (Å²) in [6, 6.07) is 7.56. The molecule has 3 aromatic heterocycles. The number of nitrogens with one attached hydrogen (secondary N) is 2. The van der Waals surface area contributed by atoms with Gasteiger partial charge < -0.3 is 20.1 Å². The predicted molar refractivity (Wildman–Crippen MR) is 121 cm³/mol. The van der Waals surface area contributed by atoms with E-state index in [0.717, 1.165) is 26.1 Å². The van der Waals surface area contributed by atoms with Crippen molar-refractivity contribution in [2.45, 2.75) is 18.9 Å². The molecule has 0 saturated carbocycles. The number of carbonyl (C=O) groups excluding carboxylic acids is 1. The zero-order valence-electron chi connectivity index (χ0n) is 18.4. The van der Waals surface area contributed by atoms with Gasteiger partial charge in [0.15, 0.2) is 17.2 Å². The number of benzene rings is 1. The number of rotatable bonds is 6. The molecular formula is C22H24N8O3. The summed E-state index contributed by atoms with van der Waals surface area (Å²) in [5.41, 5.74) is 2.00. The average Bonchev–Trinajstić information content (AvgIpc) is 3.45. The van der Waals surface area contributed by atoms with Crippen molar-refractivity contribution in [3.63, 3.8) is 0 Å². The minimum atomic E-state index is -0.342. The molecule has 0 bridgehead atoms. The summed E-state index contributed by atoms with van der Waals surface area (Å²) >= 11 is 0. The maximum absolute atomic E-state index is 13.2. The van der Waals surface area contributed by atoms with Crippen LogP contribution in [0.1, 0.15) is 23.2 Å². The second-order valence-corrected chi connectivity index (χ2v) is 7.75. The molecule has 0 aliphatic carbocycles. The molecule has 4 heterocycles. The maximum atomic E-state index is 13.2. The highest BCUT2D eigenvalue weighted by Crippen LogP contribution is 2.35. The lowest BCUT2D eigenvalue weighted by Crippen LogP contribution is -2.28. The highest BCUT2D eigenvalue weighted by molar-refractivity contribution is 6.09. The van der Waals surface area contributed by atoms with E-state index in [2.05, 4.69) is 30.8 Å². The number of amides is 1. The fourth-order valence-electron chi connectivity index (χ4n) is 3.84. The number of hydrogen-bond donors (Lipinski definition) is 2. The standard InChI is InChI=1S/C22H24N8O3/c1-29-13-23-20(28-29)15-4-3-5-17(19(15)32-2)26-22(31)16-12-24-30-9-6-18(27-21(16)30)25-14-7-10-33-11-8-14/h3-6,9,12-14H,7-8,10-11H2,1-2H3,(H,25,27)(H,26,31). The molecule has 11 heteroatoms. The molecule has 0 atom stereocenters. The van der Waals surface area contributed by atoms with Crippen LogP contribution in [-0.4, -0.2) is 61.6 Å². The van der Waals surface area contributed by atoms with E-state index in [1.807, 2.05) is 18.2 Å². The minimum absolute atomic E-state index is 0.293. The van der Waals surface area contributed by atoms with Gasteiger partial charge >= 0.3 is 0 Å². The molecule has 1 amide bonds. The zero-order valence-corrected chi connectivity index (χ0v) is 18.4. The van der Waals surface area contributed by atoms with E-state index < -0.39 is 0 Å². The number of para-hydroxylation sites is 1. The van der Waals surface area contributed by atoms with Crippen LogP contribution in [0.3, 0.4) is 0 Å². The molecule has 2 N–H and O–H groups in total. The molecule has 1 fully saturated rings. The van der Waals surface area contributed by atoms with Gasteiger partial charge in [0.1, 0.15) is 17.7 Å². The fraction of sp³-hybridized carbons (Fsp3) is 0.318. The molecule has 0 radical (unpaired) electrons. The first-order valence-electron chi connectivity index (χ1n) is 10.7. The lowest BCUT2D eigenvalue weighted by atomic mass is 10.1. The number of fused-ring (bicyclic) bond motifs is 1. The van der Waals surface area contributed by atoms with Crippen molar-refractivity contribution in [3.8, 4) is 17.1 Å². The van der Waals surface area contributed by atoms with Crippen molar-refractivity contribution < 1.29 is 14.3 Å². The first-order valence-corrected chi connectivity index (χ1v) is 10.7. The summed E-state index contributed by atoms with van der Waals surface area (Å²) in [5, 5.41) is 14.9. The number of methoxy groups -OCH3 is 1. The molecule has 4 aromatic rings. The fourth-order valence-corrected chi connectivity index (χ4v) is 3.84. The van der Waals surface area contributed by atoms with Crippen LogP contribution in [0.4, 0.5) is 11.5 Å². The predicted octanol–water partition coefficient (Wildman–Crippen LogP) is 2.38. The van der Waals surface area contributed by atoms with Gasteiger partial charge in [0.25, 0.3) is 5.91 Å². The Balaban J connectivity index is 1.42. The van der Waals surface area contributed by atoms with Crippen molar-refractivity contribution in [2.24, 2.45) is 7.05 Å². The molecule has 1 aromatic carbocycles. The summed E-state index contributed by atoms with van der Waals surface area (Å²) < 4.78 is 14.2. The number of carbonyl (C=O) groups is 1. The molecule has 5 rings (SSSR count). The summed E-state index contributed by atoms with van der Waals surface area (Å²) in [6.07, 6.45) is 6.74. The Bertz CT molecular complexity index is 1290. The Kier molecular flexibility index (Phi) is 5.61. The molecule has 0 unspecified atom stereocenters. The van der Waals surface area contributed by atoms with Crippen molar-refractivity contribution in [3.05, 3.63) is 48.5 Å². The first-order chi connectivity index (χ1) is 16.1. The minimum Gasteiger partial charge on any atom is -0.494 e. The van der Waals surface area contributed by atoms with Gasteiger partial charge in [-0.15, -0.1) is 0 Å². The van der Waals surface area contributed by atoms with Crippen LogP contribution in [0.2, 0.25) is 0 Å². The van der Waals surface area contributed by atoms with Crippen molar-refractivity contribution in [2.75, 3.05) is 31.0 Å². The molecule has 1 aliphatic rings. The molecule has 33 heavy (non-hydrogen) atoms. The number of aromatic nitrogens is 6. The Morgan fingerprint density at radius 1 is 1.24 bits per heavy atom. The van der Waals surface area contributed by atoms with Gasteiger partial charge in [-0.1, -0.05) is 6.07 Å².